The molecule has 6 heteroatoms. The number of carbonyl (C=O) groups is 2. The van der Waals surface area contributed by atoms with Crippen molar-refractivity contribution < 1.29 is 14.3 Å². The number of ether oxygens (including phenoxy) is 1. The van der Waals surface area contributed by atoms with Crippen LogP contribution in [-0.2, 0) is 4.74 Å². The lowest BCUT2D eigenvalue weighted by Crippen LogP contribution is -2.19. The van der Waals surface area contributed by atoms with Gasteiger partial charge in [-0.15, -0.1) is 0 Å². The van der Waals surface area contributed by atoms with Gasteiger partial charge in [0, 0.05) is 17.1 Å². The van der Waals surface area contributed by atoms with E-state index in [-0.39, 0.29) is 6.03 Å². The largest absolute Gasteiger partial charge is 0.441 e. The number of nitrogens with one attached hydrogen (secondary N) is 3. The Morgan fingerprint density at radius 1 is 0.714 bits per heavy atom. The number of anilines is 3. The lowest BCUT2D eigenvalue weighted by molar-refractivity contribution is 0.121. The summed E-state index contributed by atoms with van der Waals surface area (Å²) in [6, 6.07) is 25.1. The first kappa shape index (κ1) is 19.0. The maximum atomic E-state index is 12.1. The summed E-state index contributed by atoms with van der Waals surface area (Å²) in [6.07, 6.45) is -1.03. The molecule has 0 aromatic heterocycles. The zero-order valence-electron chi connectivity index (χ0n) is 15.4. The Morgan fingerprint density at radius 3 is 1.89 bits per heavy atom. The monoisotopic (exact) mass is 375 g/mol. The van der Waals surface area contributed by atoms with Crippen LogP contribution in [0.3, 0.4) is 0 Å². The highest BCUT2D eigenvalue weighted by Gasteiger charge is 2.13. The molecule has 3 amide bonds. The Bertz CT molecular complexity index is 930. The highest BCUT2D eigenvalue weighted by atomic mass is 16.6. The molecule has 0 heterocycles. The number of amides is 3. The van der Waals surface area contributed by atoms with Crippen LogP contribution in [0, 0.1) is 0 Å². The highest BCUT2D eigenvalue weighted by Crippen LogP contribution is 2.21. The molecule has 28 heavy (non-hydrogen) atoms. The first-order valence-corrected chi connectivity index (χ1v) is 8.86. The Morgan fingerprint density at radius 2 is 1.25 bits per heavy atom. The van der Waals surface area contributed by atoms with E-state index in [0.29, 0.717) is 17.1 Å². The van der Waals surface area contributed by atoms with Crippen molar-refractivity contribution in [1.82, 2.24) is 0 Å². The predicted molar refractivity (Wildman–Crippen MR) is 110 cm³/mol. The fraction of sp³-hybridized carbons (Fsp3) is 0.0909. The summed E-state index contributed by atoms with van der Waals surface area (Å²) in [5.74, 6) is 0. The van der Waals surface area contributed by atoms with E-state index in [1.165, 1.54) is 0 Å². The molecule has 1 unspecified atom stereocenters. The molecule has 0 radical (unpaired) electrons. The Kier molecular flexibility index (Phi) is 6.25. The van der Waals surface area contributed by atoms with Crippen LogP contribution < -0.4 is 16.0 Å². The van der Waals surface area contributed by atoms with Crippen molar-refractivity contribution in [3.63, 3.8) is 0 Å². The molecular formula is C22H21N3O3. The van der Waals surface area contributed by atoms with E-state index in [1.54, 1.807) is 49.4 Å². The second kappa shape index (κ2) is 9.23. The molecule has 0 aliphatic heterocycles. The van der Waals surface area contributed by atoms with Crippen LogP contribution in [-0.4, -0.2) is 12.1 Å². The molecule has 0 saturated carbocycles. The van der Waals surface area contributed by atoms with Gasteiger partial charge < -0.3 is 15.4 Å². The van der Waals surface area contributed by atoms with Crippen LogP contribution in [0.4, 0.5) is 26.7 Å². The molecule has 0 aliphatic carbocycles. The summed E-state index contributed by atoms with van der Waals surface area (Å²) in [5, 5.41) is 8.20. The normalized spacial score (nSPS) is 11.2. The van der Waals surface area contributed by atoms with E-state index in [2.05, 4.69) is 16.0 Å². The van der Waals surface area contributed by atoms with Crippen molar-refractivity contribution in [2.75, 3.05) is 16.0 Å². The maximum Gasteiger partial charge on any atom is 0.412 e. The molecule has 6 nitrogen and oxygen atoms in total. The number of hydrogen-bond acceptors (Lipinski definition) is 3. The minimum Gasteiger partial charge on any atom is -0.441 e. The number of para-hydroxylation sites is 2. The molecule has 3 aromatic rings. The van der Waals surface area contributed by atoms with Crippen LogP contribution in [0.5, 0.6) is 0 Å². The molecule has 0 spiro atoms. The minimum atomic E-state index is -0.543. The Hall–Kier alpha value is -3.80. The summed E-state index contributed by atoms with van der Waals surface area (Å²) in [7, 11) is 0. The Balaban J connectivity index is 1.57. The zero-order chi connectivity index (χ0) is 19.8. The second-order valence-corrected chi connectivity index (χ2v) is 6.11. The standard InChI is InChI=1S/C22H21N3O3/c1-16(28-22(27)25-19-12-6-3-7-13-19)17-9-8-14-20(15-17)24-21(26)23-18-10-4-2-5-11-18/h2-16H,1H3,(H,25,27)(H2,23,24,26). The van der Waals surface area contributed by atoms with Crippen LogP contribution in [0.1, 0.15) is 18.6 Å². The molecule has 3 N–H and O–H groups in total. The average molecular weight is 375 g/mol. The van der Waals surface area contributed by atoms with E-state index in [9.17, 15) is 9.59 Å². The maximum absolute atomic E-state index is 12.1. The fourth-order valence-electron chi connectivity index (χ4n) is 2.58. The van der Waals surface area contributed by atoms with E-state index < -0.39 is 12.2 Å². The highest BCUT2D eigenvalue weighted by molar-refractivity contribution is 5.99. The smallest absolute Gasteiger partial charge is 0.412 e. The Labute approximate surface area is 163 Å². The summed E-state index contributed by atoms with van der Waals surface area (Å²) in [5.41, 5.74) is 2.73. The van der Waals surface area contributed by atoms with Gasteiger partial charge in [-0.1, -0.05) is 48.5 Å². The van der Waals surface area contributed by atoms with Gasteiger partial charge in [-0.25, -0.2) is 9.59 Å². The van der Waals surface area contributed by atoms with Crippen LogP contribution >= 0.6 is 0 Å². The topological polar surface area (TPSA) is 79.5 Å². The summed E-state index contributed by atoms with van der Waals surface area (Å²) >= 11 is 0. The first-order valence-electron chi connectivity index (χ1n) is 8.86. The SMILES string of the molecule is CC(OC(=O)Nc1ccccc1)c1cccc(NC(=O)Nc2ccccc2)c1. The number of carbonyl (C=O) groups excluding carboxylic acids is 2. The van der Waals surface area contributed by atoms with Crippen molar-refractivity contribution >= 4 is 29.2 Å². The van der Waals surface area contributed by atoms with Gasteiger partial charge in [0.1, 0.15) is 6.10 Å². The molecular weight excluding hydrogens is 354 g/mol. The van der Waals surface area contributed by atoms with Gasteiger partial charge in [0.2, 0.25) is 0 Å². The number of benzene rings is 3. The number of hydrogen-bond donors (Lipinski definition) is 3. The summed E-state index contributed by atoms with van der Waals surface area (Å²) < 4.78 is 5.42. The van der Waals surface area contributed by atoms with Crippen LogP contribution in [0.15, 0.2) is 84.9 Å². The third-order valence-corrected chi connectivity index (χ3v) is 3.95. The van der Waals surface area contributed by atoms with Gasteiger partial charge >= 0.3 is 12.1 Å². The lowest BCUT2D eigenvalue weighted by atomic mass is 10.1. The third-order valence-electron chi connectivity index (χ3n) is 3.95. The van der Waals surface area contributed by atoms with Crippen LogP contribution in [0.25, 0.3) is 0 Å². The predicted octanol–water partition coefficient (Wildman–Crippen LogP) is 5.64. The summed E-state index contributed by atoms with van der Waals surface area (Å²) in [4.78, 5) is 24.2. The molecule has 0 saturated heterocycles. The number of urea groups is 1. The average Bonchev–Trinajstić information content (AvgIpc) is 2.69. The molecule has 0 fully saturated rings. The zero-order valence-corrected chi connectivity index (χ0v) is 15.4. The van der Waals surface area contributed by atoms with E-state index in [1.807, 2.05) is 42.5 Å². The first-order chi connectivity index (χ1) is 13.6. The summed E-state index contributed by atoms with van der Waals surface area (Å²) in [6.45, 7) is 1.77. The van der Waals surface area contributed by atoms with E-state index in [4.69, 9.17) is 4.74 Å². The van der Waals surface area contributed by atoms with Crippen molar-refractivity contribution in [1.29, 1.82) is 0 Å². The quantitative estimate of drug-likeness (QED) is 0.540. The van der Waals surface area contributed by atoms with Crippen molar-refractivity contribution in [3.05, 3.63) is 90.5 Å². The van der Waals surface area contributed by atoms with E-state index in [0.717, 1.165) is 5.56 Å². The van der Waals surface area contributed by atoms with E-state index >= 15 is 0 Å². The van der Waals surface area contributed by atoms with Crippen molar-refractivity contribution in [2.45, 2.75) is 13.0 Å². The fourth-order valence-corrected chi connectivity index (χ4v) is 2.58. The molecule has 3 aromatic carbocycles. The second-order valence-electron chi connectivity index (χ2n) is 6.11. The van der Waals surface area contributed by atoms with Gasteiger partial charge in [-0.05, 0) is 48.9 Å². The van der Waals surface area contributed by atoms with Crippen molar-refractivity contribution in [2.24, 2.45) is 0 Å². The van der Waals surface area contributed by atoms with Gasteiger partial charge in [-0.2, -0.15) is 0 Å². The molecule has 0 bridgehead atoms. The van der Waals surface area contributed by atoms with Gasteiger partial charge in [0.25, 0.3) is 0 Å². The van der Waals surface area contributed by atoms with Gasteiger partial charge in [0.15, 0.2) is 0 Å². The molecule has 1 atom stereocenters. The third kappa shape index (κ3) is 5.60. The molecule has 3 rings (SSSR count). The molecule has 0 aliphatic rings. The van der Waals surface area contributed by atoms with Gasteiger partial charge in [-0.3, -0.25) is 5.32 Å². The number of rotatable bonds is 5. The molecule has 142 valence electrons. The minimum absolute atomic E-state index is 0.348. The van der Waals surface area contributed by atoms with Gasteiger partial charge in [0.05, 0.1) is 0 Å². The van der Waals surface area contributed by atoms with Crippen LogP contribution in [0.2, 0.25) is 0 Å². The van der Waals surface area contributed by atoms with Crippen molar-refractivity contribution in [3.8, 4) is 0 Å². The lowest BCUT2D eigenvalue weighted by Gasteiger charge is -2.15.